The predicted octanol–water partition coefficient (Wildman–Crippen LogP) is 1.12. The molecule has 1 atom stereocenters. The Morgan fingerprint density at radius 1 is 1.24 bits per heavy atom. The third-order valence-corrected chi connectivity index (χ3v) is 2.99. The van der Waals surface area contributed by atoms with Crippen molar-refractivity contribution < 1.29 is 9.59 Å². The van der Waals surface area contributed by atoms with Gasteiger partial charge in [0.05, 0.1) is 6.21 Å². The average Bonchev–Trinajstić information content (AvgIpc) is 2.47. The highest BCUT2D eigenvalue weighted by atomic mass is 16.2. The van der Waals surface area contributed by atoms with Crippen molar-refractivity contribution in [3.8, 4) is 0 Å². The number of benzene rings is 1. The molecule has 0 aromatic heterocycles. The number of carbonyl (C=O) groups is 2. The molecule has 0 spiro atoms. The van der Waals surface area contributed by atoms with Gasteiger partial charge in [0.1, 0.15) is 0 Å². The van der Waals surface area contributed by atoms with Crippen molar-refractivity contribution in [3.05, 3.63) is 29.8 Å². The molecule has 6 nitrogen and oxygen atoms in total. The van der Waals surface area contributed by atoms with Crippen molar-refractivity contribution in [2.45, 2.75) is 26.3 Å². The van der Waals surface area contributed by atoms with Gasteiger partial charge in [-0.3, -0.25) is 9.59 Å². The minimum atomic E-state index is -0.767. The molecule has 0 heterocycles. The van der Waals surface area contributed by atoms with Crippen LogP contribution < -0.4 is 15.6 Å². The van der Waals surface area contributed by atoms with Crippen LogP contribution in [0.2, 0.25) is 0 Å². The molecule has 0 unspecified atom stereocenters. The lowest BCUT2D eigenvalue weighted by Gasteiger charge is -2.11. The Labute approximate surface area is 125 Å². The maximum atomic E-state index is 11.5. The predicted molar refractivity (Wildman–Crippen MR) is 84.4 cm³/mol. The fourth-order valence-corrected chi connectivity index (χ4v) is 1.47. The van der Waals surface area contributed by atoms with Gasteiger partial charge >= 0.3 is 11.8 Å². The van der Waals surface area contributed by atoms with Gasteiger partial charge in [-0.2, -0.15) is 5.10 Å². The summed E-state index contributed by atoms with van der Waals surface area (Å²) in [7, 11) is 3.92. The fraction of sp³-hybridized carbons (Fsp3) is 0.400. The highest BCUT2D eigenvalue weighted by molar-refractivity contribution is 6.35. The van der Waals surface area contributed by atoms with Crippen LogP contribution >= 0.6 is 0 Å². The largest absolute Gasteiger partial charge is 0.378 e. The quantitative estimate of drug-likeness (QED) is 0.485. The summed E-state index contributed by atoms with van der Waals surface area (Å²) in [6, 6.07) is 7.61. The molecular formula is C15H22N4O2. The van der Waals surface area contributed by atoms with E-state index in [0.717, 1.165) is 17.7 Å². The van der Waals surface area contributed by atoms with Gasteiger partial charge in [-0.05, 0) is 31.0 Å². The first-order chi connectivity index (χ1) is 9.93. The number of anilines is 1. The maximum Gasteiger partial charge on any atom is 0.329 e. The van der Waals surface area contributed by atoms with Crippen LogP contribution in [0.15, 0.2) is 29.4 Å². The van der Waals surface area contributed by atoms with E-state index in [1.165, 1.54) is 6.21 Å². The van der Waals surface area contributed by atoms with Crippen LogP contribution in [0.4, 0.5) is 5.69 Å². The highest BCUT2D eigenvalue weighted by Crippen LogP contribution is 2.10. The SMILES string of the molecule is CC[C@H](C)NC(=O)C(=O)N/N=C\c1ccc(N(C)C)cc1. The number of nitrogens with one attached hydrogen (secondary N) is 2. The standard InChI is InChI=1S/C15H22N4O2/c1-5-11(2)17-14(20)15(21)18-16-10-12-6-8-13(9-7-12)19(3)4/h6-11H,5H2,1-4H3,(H,17,20)(H,18,21)/b16-10-/t11-/m0/s1. The first kappa shape index (κ1) is 16.7. The number of carbonyl (C=O) groups excluding carboxylic acids is 2. The van der Waals surface area contributed by atoms with Gasteiger partial charge in [-0.25, -0.2) is 5.43 Å². The van der Waals surface area contributed by atoms with Crippen LogP contribution in [0.3, 0.4) is 0 Å². The smallest absolute Gasteiger partial charge is 0.329 e. The molecule has 114 valence electrons. The second-order valence-corrected chi connectivity index (χ2v) is 4.97. The van der Waals surface area contributed by atoms with Gasteiger partial charge < -0.3 is 10.2 Å². The lowest BCUT2D eigenvalue weighted by atomic mass is 10.2. The van der Waals surface area contributed by atoms with Gasteiger partial charge in [0, 0.05) is 25.8 Å². The molecular weight excluding hydrogens is 268 g/mol. The molecule has 0 aliphatic heterocycles. The van der Waals surface area contributed by atoms with E-state index in [1.54, 1.807) is 0 Å². The van der Waals surface area contributed by atoms with Crippen molar-refractivity contribution >= 4 is 23.7 Å². The fourth-order valence-electron chi connectivity index (χ4n) is 1.47. The zero-order valence-electron chi connectivity index (χ0n) is 12.9. The van der Waals surface area contributed by atoms with E-state index in [2.05, 4.69) is 15.8 Å². The molecule has 1 aromatic carbocycles. The first-order valence-corrected chi connectivity index (χ1v) is 6.85. The van der Waals surface area contributed by atoms with E-state index in [-0.39, 0.29) is 6.04 Å². The summed E-state index contributed by atoms with van der Waals surface area (Å²) in [6.45, 7) is 3.76. The molecule has 2 N–H and O–H groups in total. The number of amides is 2. The number of hydrazone groups is 1. The Bertz CT molecular complexity index is 509. The topological polar surface area (TPSA) is 73.8 Å². The van der Waals surface area contributed by atoms with Gasteiger partial charge in [0.15, 0.2) is 0 Å². The summed E-state index contributed by atoms with van der Waals surface area (Å²) in [4.78, 5) is 24.9. The average molecular weight is 290 g/mol. The molecule has 0 saturated carbocycles. The van der Waals surface area contributed by atoms with Crippen molar-refractivity contribution in [1.29, 1.82) is 0 Å². The molecule has 6 heteroatoms. The van der Waals surface area contributed by atoms with Crippen molar-refractivity contribution in [1.82, 2.24) is 10.7 Å². The molecule has 0 bridgehead atoms. The van der Waals surface area contributed by atoms with Crippen molar-refractivity contribution in [3.63, 3.8) is 0 Å². The minimum absolute atomic E-state index is 0.0363. The Morgan fingerprint density at radius 3 is 2.38 bits per heavy atom. The third-order valence-electron chi connectivity index (χ3n) is 2.99. The number of hydrogen-bond donors (Lipinski definition) is 2. The van der Waals surface area contributed by atoms with E-state index in [1.807, 2.05) is 57.1 Å². The first-order valence-electron chi connectivity index (χ1n) is 6.85. The molecule has 0 saturated heterocycles. The summed E-state index contributed by atoms with van der Waals surface area (Å²) >= 11 is 0. The van der Waals surface area contributed by atoms with E-state index in [0.29, 0.717) is 0 Å². The number of rotatable bonds is 5. The number of nitrogens with zero attached hydrogens (tertiary/aromatic N) is 2. The van der Waals surface area contributed by atoms with Gasteiger partial charge in [-0.15, -0.1) is 0 Å². The normalized spacial score (nSPS) is 12.0. The summed E-state index contributed by atoms with van der Waals surface area (Å²) in [5.41, 5.74) is 4.12. The van der Waals surface area contributed by atoms with Crippen LogP contribution in [0.1, 0.15) is 25.8 Å². The Balaban J connectivity index is 2.50. The summed E-state index contributed by atoms with van der Waals surface area (Å²) in [5, 5.41) is 6.34. The Hall–Kier alpha value is -2.37. The molecule has 2 amide bonds. The summed E-state index contributed by atoms with van der Waals surface area (Å²) in [5.74, 6) is -1.44. The number of hydrogen-bond acceptors (Lipinski definition) is 4. The van der Waals surface area contributed by atoms with Gasteiger partial charge in [0.25, 0.3) is 0 Å². The monoisotopic (exact) mass is 290 g/mol. The van der Waals surface area contributed by atoms with Crippen LogP contribution in [0.5, 0.6) is 0 Å². The van der Waals surface area contributed by atoms with Gasteiger partial charge in [-0.1, -0.05) is 19.1 Å². The van der Waals surface area contributed by atoms with E-state index < -0.39 is 11.8 Å². The molecule has 0 aliphatic rings. The lowest BCUT2D eigenvalue weighted by Crippen LogP contribution is -2.41. The Kier molecular flexibility index (Phi) is 6.39. The second-order valence-electron chi connectivity index (χ2n) is 4.97. The molecule has 0 fully saturated rings. The van der Waals surface area contributed by atoms with Crippen molar-refractivity contribution in [2.75, 3.05) is 19.0 Å². The third kappa shape index (κ3) is 5.64. The van der Waals surface area contributed by atoms with Gasteiger partial charge in [0.2, 0.25) is 0 Å². The van der Waals surface area contributed by atoms with Crippen molar-refractivity contribution in [2.24, 2.45) is 5.10 Å². The van der Waals surface area contributed by atoms with E-state index >= 15 is 0 Å². The zero-order valence-corrected chi connectivity index (χ0v) is 12.9. The van der Waals surface area contributed by atoms with Crippen LogP contribution in [-0.2, 0) is 9.59 Å². The highest BCUT2D eigenvalue weighted by Gasteiger charge is 2.14. The maximum absolute atomic E-state index is 11.5. The minimum Gasteiger partial charge on any atom is -0.378 e. The summed E-state index contributed by atoms with van der Waals surface area (Å²) in [6.07, 6.45) is 2.26. The van der Waals surface area contributed by atoms with E-state index in [4.69, 9.17) is 0 Å². The molecule has 0 radical (unpaired) electrons. The molecule has 21 heavy (non-hydrogen) atoms. The van der Waals surface area contributed by atoms with Crippen LogP contribution in [0.25, 0.3) is 0 Å². The molecule has 1 aromatic rings. The lowest BCUT2D eigenvalue weighted by molar-refractivity contribution is -0.139. The second kappa shape index (κ2) is 8.04. The molecule has 0 aliphatic carbocycles. The summed E-state index contributed by atoms with van der Waals surface area (Å²) < 4.78 is 0. The zero-order chi connectivity index (χ0) is 15.8. The molecule has 1 rings (SSSR count). The Morgan fingerprint density at radius 2 is 1.86 bits per heavy atom. The van der Waals surface area contributed by atoms with E-state index in [9.17, 15) is 9.59 Å². The van der Waals surface area contributed by atoms with Crippen LogP contribution in [-0.4, -0.2) is 38.2 Å². The van der Waals surface area contributed by atoms with Crippen LogP contribution in [0, 0.1) is 0 Å².